The number of likely N-dealkylation sites (tertiary alicyclic amines) is 2. The number of carbonyl (C=O) groups is 3. The van der Waals surface area contributed by atoms with Gasteiger partial charge < -0.3 is 20.2 Å². The number of carboxylic acid groups (broad SMARTS) is 1. The average molecular weight is 283 g/mol. The Balaban J connectivity index is 1.81. The fourth-order valence-electron chi connectivity index (χ4n) is 2.96. The van der Waals surface area contributed by atoms with E-state index < -0.39 is 5.97 Å². The molecule has 2 aliphatic heterocycles. The van der Waals surface area contributed by atoms with Crippen molar-refractivity contribution < 1.29 is 19.5 Å². The zero-order chi connectivity index (χ0) is 14.7. The minimum atomic E-state index is -0.809. The highest BCUT2D eigenvalue weighted by Gasteiger charge is 2.33. The molecular weight excluding hydrogens is 262 g/mol. The molecule has 2 heterocycles. The lowest BCUT2D eigenvalue weighted by Crippen LogP contribution is -2.43. The number of hydrogen-bond acceptors (Lipinski definition) is 3. The molecular formula is C13H21N3O4. The SMILES string of the molecule is CC(=O)NC1CCN(C(=O)N2CCC(CC(=O)O)C2)C1. The van der Waals surface area contributed by atoms with Crippen LogP contribution in [0.5, 0.6) is 0 Å². The second kappa shape index (κ2) is 6.11. The van der Waals surface area contributed by atoms with Crippen LogP contribution in [0.1, 0.15) is 26.2 Å². The van der Waals surface area contributed by atoms with Crippen LogP contribution < -0.4 is 5.32 Å². The van der Waals surface area contributed by atoms with Gasteiger partial charge in [0.25, 0.3) is 0 Å². The Bertz CT molecular complexity index is 376. The smallest absolute Gasteiger partial charge is 0.320 e. The molecule has 20 heavy (non-hydrogen) atoms. The molecule has 2 rings (SSSR count). The highest BCUT2D eigenvalue weighted by molar-refractivity contribution is 5.76. The van der Waals surface area contributed by atoms with Crippen LogP contribution in [0.2, 0.25) is 0 Å². The van der Waals surface area contributed by atoms with Crippen LogP contribution in [0.4, 0.5) is 4.79 Å². The molecule has 7 nitrogen and oxygen atoms in total. The number of carboxylic acids is 1. The van der Waals surface area contributed by atoms with Gasteiger partial charge in [-0.25, -0.2) is 4.79 Å². The third-order valence-corrected chi connectivity index (χ3v) is 3.89. The van der Waals surface area contributed by atoms with E-state index in [-0.39, 0.29) is 30.3 Å². The van der Waals surface area contributed by atoms with E-state index in [0.717, 1.165) is 12.8 Å². The van der Waals surface area contributed by atoms with E-state index in [1.807, 2.05) is 0 Å². The van der Waals surface area contributed by atoms with E-state index in [9.17, 15) is 14.4 Å². The van der Waals surface area contributed by atoms with E-state index in [2.05, 4.69) is 5.32 Å². The van der Waals surface area contributed by atoms with Gasteiger partial charge in [-0.05, 0) is 18.8 Å². The summed E-state index contributed by atoms with van der Waals surface area (Å²) >= 11 is 0. The van der Waals surface area contributed by atoms with Crippen molar-refractivity contribution in [2.45, 2.75) is 32.2 Å². The summed E-state index contributed by atoms with van der Waals surface area (Å²) in [7, 11) is 0. The number of aliphatic carboxylic acids is 1. The van der Waals surface area contributed by atoms with Gasteiger partial charge in [0.15, 0.2) is 0 Å². The molecule has 0 radical (unpaired) electrons. The first kappa shape index (κ1) is 14.6. The first-order chi connectivity index (χ1) is 9.45. The molecule has 0 spiro atoms. The molecule has 2 aliphatic rings. The van der Waals surface area contributed by atoms with Crippen molar-refractivity contribution in [1.82, 2.24) is 15.1 Å². The predicted octanol–water partition coefficient (Wildman–Crippen LogP) is 0.113. The first-order valence-electron chi connectivity index (χ1n) is 6.98. The molecule has 2 N–H and O–H groups in total. The van der Waals surface area contributed by atoms with Gasteiger partial charge >= 0.3 is 12.0 Å². The second-order valence-corrected chi connectivity index (χ2v) is 5.61. The van der Waals surface area contributed by atoms with Crippen molar-refractivity contribution in [1.29, 1.82) is 0 Å². The van der Waals surface area contributed by atoms with Crippen molar-refractivity contribution in [3.8, 4) is 0 Å². The minimum Gasteiger partial charge on any atom is -0.481 e. The Morgan fingerprint density at radius 1 is 1.15 bits per heavy atom. The summed E-state index contributed by atoms with van der Waals surface area (Å²) in [6.07, 6.45) is 1.65. The van der Waals surface area contributed by atoms with Gasteiger partial charge in [0.05, 0.1) is 0 Å². The molecule has 2 saturated heterocycles. The largest absolute Gasteiger partial charge is 0.481 e. The third-order valence-electron chi connectivity index (χ3n) is 3.89. The molecule has 112 valence electrons. The Kier molecular flexibility index (Phi) is 4.46. The first-order valence-corrected chi connectivity index (χ1v) is 6.98. The zero-order valence-corrected chi connectivity index (χ0v) is 11.7. The molecule has 0 saturated carbocycles. The lowest BCUT2D eigenvalue weighted by Gasteiger charge is -2.24. The van der Waals surface area contributed by atoms with Gasteiger partial charge in [-0.3, -0.25) is 9.59 Å². The predicted molar refractivity (Wildman–Crippen MR) is 71.1 cm³/mol. The lowest BCUT2D eigenvalue weighted by molar-refractivity contribution is -0.138. The summed E-state index contributed by atoms with van der Waals surface area (Å²) in [5.41, 5.74) is 0. The molecule has 0 aromatic rings. The molecule has 2 unspecified atom stereocenters. The van der Waals surface area contributed by atoms with Crippen LogP contribution in [-0.2, 0) is 9.59 Å². The van der Waals surface area contributed by atoms with Crippen molar-refractivity contribution in [3.05, 3.63) is 0 Å². The maximum atomic E-state index is 12.3. The fourth-order valence-corrected chi connectivity index (χ4v) is 2.96. The number of amides is 3. The van der Waals surface area contributed by atoms with E-state index in [0.29, 0.717) is 26.2 Å². The van der Waals surface area contributed by atoms with Gasteiger partial charge in [0.2, 0.25) is 5.91 Å². The van der Waals surface area contributed by atoms with Crippen molar-refractivity contribution in [2.24, 2.45) is 5.92 Å². The van der Waals surface area contributed by atoms with Gasteiger partial charge in [-0.2, -0.15) is 0 Å². The van der Waals surface area contributed by atoms with Crippen molar-refractivity contribution in [2.75, 3.05) is 26.2 Å². The van der Waals surface area contributed by atoms with Crippen LogP contribution in [0.25, 0.3) is 0 Å². The van der Waals surface area contributed by atoms with E-state index >= 15 is 0 Å². The highest BCUT2D eigenvalue weighted by atomic mass is 16.4. The Morgan fingerprint density at radius 2 is 1.80 bits per heavy atom. The standard InChI is InChI=1S/C13H21N3O4/c1-9(17)14-11-3-5-16(8-11)13(20)15-4-2-10(7-15)6-12(18)19/h10-11H,2-8H2,1H3,(H,14,17)(H,18,19). The van der Waals surface area contributed by atoms with Crippen LogP contribution in [0.15, 0.2) is 0 Å². The lowest BCUT2D eigenvalue weighted by atomic mass is 10.1. The molecule has 3 amide bonds. The van der Waals surface area contributed by atoms with E-state index in [4.69, 9.17) is 5.11 Å². The second-order valence-electron chi connectivity index (χ2n) is 5.61. The number of urea groups is 1. The van der Waals surface area contributed by atoms with Gasteiger partial charge in [-0.15, -0.1) is 0 Å². The number of carbonyl (C=O) groups excluding carboxylic acids is 2. The molecule has 2 atom stereocenters. The topological polar surface area (TPSA) is 90.0 Å². The summed E-state index contributed by atoms with van der Waals surface area (Å²) in [5.74, 6) is -0.826. The maximum Gasteiger partial charge on any atom is 0.320 e. The summed E-state index contributed by atoms with van der Waals surface area (Å²) in [5, 5.41) is 11.6. The Labute approximate surface area is 117 Å². The van der Waals surface area contributed by atoms with Gasteiger partial charge in [0, 0.05) is 45.6 Å². The van der Waals surface area contributed by atoms with Crippen molar-refractivity contribution in [3.63, 3.8) is 0 Å². The fraction of sp³-hybridized carbons (Fsp3) is 0.769. The molecule has 0 aromatic carbocycles. The summed E-state index contributed by atoms with van der Waals surface area (Å²) < 4.78 is 0. The third kappa shape index (κ3) is 3.61. The highest BCUT2D eigenvalue weighted by Crippen LogP contribution is 2.22. The van der Waals surface area contributed by atoms with E-state index in [1.165, 1.54) is 6.92 Å². The zero-order valence-electron chi connectivity index (χ0n) is 11.7. The number of rotatable bonds is 3. The van der Waals surface area contributed by atoms with Crippen LogP contribution in [0, 0.1) is 5.92 Å². The molecule has 7 heteroatoms. The van der Waals surface area contributed by atoms with Crippen LogP contribution in [-0.4, -0.2) is 65.0 Å². The minimum absolute atomic E-state index is 0.0360. The summed E-state index contributed by atoms with van der Waals surface area (Å²) in [6, 6.07) is -0.000361. The van der Waals surface area contributed by atoms with Crippen LogP contribution in [0.3, 0.4) is 0 Å². The number of hydrogen-bond donors (Lipinski definition) is 2. The molecule has 0 aliphatic carbocycles. The van der Waals surface area contributed by atoms with E-state index in [1.54, 1.807) is 9.80 Å². The monoisotopic (exact) mass is 283 g/mol. The normalized spacial score (nSPS) is 25.9. The molecule has 0 bridgehead atoms. The van der Waals surface area contributed by atoms with Crippen LogP contribution >= 0.6 is 0 Å². The Hall–Kier alpha value is -1.79. The quantitative estimate of drug-likeness (QED) is 0.769. The molecule has 2 fully saturated rings. The average Bonchev–Trinajstić information content (AvgIpc) is 2.96. The molecule has 0 aromatic heterocycles. The summed E-state index contributed by atoms with van der Waals surface area (Å²) in [4.78, 5) is 37.4. The van der Waals surface area contributed by atoms with Gasteiger partial charge in [0.1, 0.15) is 0 Å². The number of nitrogens with zero attached hydrogens (tertiary/aromatic N) is 2. The number of nitrogens with one attached hydrogen (secondary N) is 1. The maximum absolute atomic E-state index is 12.3. The van der Waals surface area contributed by atoms with Crippen molar-refractivity contribution >= 4 is 17.9 Å². The Morgan fingerprint density at radius 3 is 2.45 bits per heavy atom. The summed E-state index contributed by atoms with van der Waals surface area (Å²) in [6.45, 7) is 3.80. The van der Waals surface area contributed by atoms with Gasteiger partial charge in [-0.1, -0.05) is 0 Å².